The number of aryl methyl sites for hydroxylation is 1. The summed E-state index contributed by atoms with van der Waals surface area (Å²) in [6, 6.07) is 15.3. The van der Waals surface area contributed by atoms with Gasteiger partial charge in [0.05, 0.1) is 17.1 Å². The van der Waals surface area contributed by atoms with Crippen molar-refractivity contribution in [2.24, 2.45) is 4.99 Å². The predicted octanol–water partition coefficient (Wildman–Crippen LogP) is 6.63. The molecular weight excluding hydrogens is 457 g/mol. The van der Waals surface area contributed by atoms with Crippen molar-refractivity contribution in [3.8, 4) is 11.5 Å². The van der Waals surface area contributed by atoms with Crippen LogP contribution in [0.15, 0.2) is 65.7 Å². The minimum absolute atomic E-state index is 0.0621. The van der Waals surface area contributed by atoms with E-state index in [0.717, 1.165) is 5.56 Å². The van der Waals surface area contributed by atoms with Gasteiger partial charge in [0, 0.05) is 23.4 Å². The Kier molecular flexibility index (Phi) is 7.29. The molecule has 0 aliphatic rings. The molecule has 3 aromatic carbocycles. The first-order valence-corrected chi connectivity index (χ1v) is 9.95. The van der Waals surface area contributed by atoms with Crippen LogP contribution in [0.3, 0.4) is 0 Å². The first-order valence-electron chi connectivity index (χ1n) is 9.19. The topological polar surface area (TPSA) is 103 Å². The number of hydrogen-bond acceptors (Lipinski definition) is 5. The molecule has 0 aromatic heterocycles. The number of carbonyl (C=O) groups excluding carboxylic acids is 1. The predicted molar refractivity (Wildman–Crippen MR) is 123 cm³/mol. The molecule has 0 fully saturated rings. The number of ether oxygens (including phenoxy) is 2. The molecule has 8 nitrogen and oxygen atoms in total. The number of nitrogens with one attached hydrogen (secondary N) is 1. The van der Waals surface area contributed by atoms with Gasteiger partial charge in [0.15, 0.2) is 0 Å². The van der Waals surface area contributed by atoms with Crippen LogP contribution in [0.4, 0.5) is 16.2 Å². The van der Waals surface area contributed by atoms with E-state index in [0.29, 0.717) is 11.3 Å². The van der Waals surface area contributed by atoms with Gasteiger partial charge in [-0.25, -0.2) is 4.79 Å². The lowest BCUT2D eigenvalue weighted by atomic mass is 10.1. The number of methoxy groups -OCH3 is 1. The number of carbonyl (C=O) groups is 1. The van der Waals surface area contributed by atoms with Crippen molar-refractivity contribution in [2.45, 2.75) is 6.92 Å². The summed E-state index contributed by atoms with van der Waals surface area (Å²) >= 11 is 12.2. The second-order valence-corrected chi connectivity index (χ2v) is 7.30. The van der Waals surface area contributed by atoms with Crippen LogP contribution in [0.1, 0.15) is 11.1 Å². The Morgan fingerprint density at radius 3 is 2.44 bits per heavy atom. The van der Waals surface area contributed by atoms with Gasteiger partial charge in [0.2, 0.25) is 5.90 Å². The highest BCUT2D eigenvalue weighted by atomic mass is 35.5. The summed E-state index contributed by atoms with van der Waals surface area (Å²) in [5.74, 6) is 0.726. The molecule has 0 unspecified atom stereocenters. The minimum atomic E-state index is -0.642. The van der Waals surface area contributed by atoms with E-state index in [1.165, 1.54) is 37.4 Å². The number of halogens is 2. The van der Waals surface area contributed by atoms with Gasteiger partial charge in [0.25, 0.3) is 5.69 Å². The fourth-order valence-electron chi connectivity index (χ4n) is 2.76. The van der Waals surface area contributed by atoms with Crippen molar-refractivity contribution in [1.82, 2.24) is 0 Å². The standard InChI is InChI=1S/C22H17Cl2N3O5/c1-13-5-3-4-6-16(13)21(31-2)26-22(28)25-14-7-10-20(18(24)11-14)32-15-8-9-19(27(29)30)17(23)12-15/h3-12H,1-2H3,(H,25,28)/b26-21-. The minimum Gasteiger partial charge on any atom is -0.480 e. The molecule has 3 rings (SSSR count). The molecule has 0 atom stereocenters. The zero-order chi connectivity index (χ0) is 23.3. The quantitative estimate of drug-likeness (QED) is 0.194. The number of nitro benzene ring substituents is 1. The molecule has 0 heterocycles. The zero-order valence-electron chi connectivity index (χ0n) is 17.0. The molecule has 0 saturated carbocycles. The van der Waals surface area contributed by atoms with Crippen molar-refractivity contribution in [3.05, 3.63) is 92.0 Å². The van der Waals surface area contributed by atoms with Gasteiger partial charge in [0.1, 0.15) is 16.5 Å². The van der Waals surface area contributed by atoms with Crippen LogP contribution in [0.2, 0.25) is 10.0 Å². The van der Waals surface area contributed by atoms with Crippen LogP contribution in [0.25, 0.3) is 0 Å². The number of hydrogen-bond donors (Lipinski definition) is 1. The average molecular weight is 474 g/mol. The van der Waals surface area contributed by atoms with E-state index < -0.39 is 11.0 Å². The third-order valence-electron chi connectivity index (χ3n) is 4.30. The number of aliphatic imine (C=N–C) groups is 1. The molecule has 32 heavy (non-hydrogen) atoms. The van der Waals surface area contributed by atoms with Gasteiger partial charge in [-0.3, -0.25) is 10.1 Å². The number of nitro groups is 1. The Morgan fingerprint density at radius 2 is 1.81 bits per heavy atom. The Labute approximate surface area is 193 Å². The van der Waals surface area contributed by atoms with Crippen molar-refractivity contribution < 1.29 is 19.2 Å². The molecule has 1 N–H and O–H groups in total. The number of amides is 2. The lowest BCUT2D eigenvalue weighted by Crippen LogP contribution is -2.13. The monoisotopic (exact) mass is 473 g/mol. The molecule has 0 spiro atoms. The van der Waals surface area contributed by atoms with E-state index in [1.54, 1.807) is 12.1 Å². The Bertz CT molecular complexity index is 1210. The lowest BCUT2D eigenvalue weighted by molar-refractivity contribution is -0.384. The highest BCUT2D eigenvalue weighted by molar-refractivity contribution is 6.33. The Balaban J connectivity index is 1.74. The van der Waals surface area contributed by atoms with E-state index in [-0.39, 0.29) is 33.1 Å². The molecule has 0 aliphatic heterocycles. The van der Waals surface area contributed by atoms with Gasteiger partial charge >= 0.3 is 6.03 Å². The number of benzene rings is 3. The Hall–Kier alpha value is -3.62. The van der Waals surface area contributed by atoms with E-state index in [1.807, 2.05) is 25.1 Å². The summed E-state index contributed by atoms with van der Waals surface area (Å²) in [4.78, 5) is 26.6. The highest BCUT2D eigenvalue weighted by Crippen LogP contribution is 2.35. The SMILES string of the molecule is CO/C(=N\C(=O)Nc1ccc(Oc2ccc([N+](=O)[O-])c(Cl)c2)c(Cl)c1)c1ccccc1C. The summed E-state index contributed by atoms with van der Waals surface area (Å²) < 4.78 is 10.9. The summed E-state index contributed by atoms with van der Waals surface area (Å²) in [5.41, 5.74) is 1.77. The first-order chi connectivity index (χ1) is 15.3. The highest BCUT2D eigenvalue weighted by Gasteiger charge is 2.14. The zero-order valence-corrected chi connectivity index (χ0v) is 18.5. The van der Waals surface area contributed by atoms with E-state index in [9.17, 15) is 14.9 Å². The maximum absolute atomic E-state index is 12.4. The fourth-order valence-corrected chi connectivity index (χ4v) is 3.22. The molecule has 0 aliphatic carbocycles. The van der Waals surface area contributed by atoms with Gasteiger partial charge in [-0.2, -0.15) is 4.99 Å². The Morgan fingerprint density at radius 1 is 1.06 bits per heavy atom. The number of anilines is 1. The van der Waals surface area contributed by atoms with Crippen LogP contribution < -0.4 is 10.1 Å². The van der Waals surface area contributed by atoms with Gasteiger partial charge in [-0.1, -0.05) is 41.4 Å². The van der Waals surface area contributed by atoms with Crippen LogP contribution in [-0.4, -0.2) is 24.0 Å². The number of nitrogens with zero attached hydrogens (tertiary/aromatic N) is 2. The maximum Gasteiger partial charge on any atom is 0.348 e. The second-order valence-electron chi connectivity index (χ2n) is 6.48. The van der Waals surface area contributed by atoms with Crippen molar-refractivity contribution in [1.29, 1.82) is 0 Å². The third kappa shape index (κ3) is 5.54. The number of rotatable bonds is 5. The molecule has 0 saturated heterocycles. The van der Waals surface area contributed by atoms with Crippen molar-refractivity contribution in [2.75, 3.05) is 12.4 Å². The largest absolute Gasteiger partial charge is 0.480 e. The molecule has 10 heteroatoms. The third-order valence-corrected chi connectivity index (χ3v) is 4.90. The maximum atomic E-state index is 12.4. The van der Waals surface area contributed by atoms with Crippen LogP contribution in [0.5, 0.6) is 11.5 Å². The molecule has 2 amide bonds. The summed E-state index contributed by atoms with van der Waals surface area (Å²) in [7, 11) is 1.44. The molecule has 164 valence electrons. The van der Waals surface area contributed by atoms with Gasteiger partial charge in [-0.05, 0) is 42.8 Å². The number of urea groups is 1. The molecular formula is C22H17Cl2N3O5. The van der Waals surface area contributed by atoms with E-state index >= 15 is 0 Å². The van der Waals surface area contributed by atoms with Crippen molar-refractivity contribution >= 4 is 46.5 Å². The van der Waals surface area contributed by atoms with Gasteiger partial charge in [-0.15, -0.1) is 0 Å². The molecule has 0 bridgehead atoms. The first kappa shape index (κ1) is 23.1. The normalized spacial score (nSPS) is 11.1. The second kappa shape index (κ2) is 10.1. The smallest absolute Gasteiger partial charge is 0.348 e. The van der Waals surface area contributed by atoms with Crippen molar-refractivity contribution in [3.63, 3.8) is 0 Å². The fraction of sp³-hybridized carbons (Fsp3) is 0.0909. The van der Waals surface area contributed by atoms with E-state index in [2.05, 4.69) is 10.3 Å². The molecule has 3 aromatic rings. The van der Waals surface area contributed by atoms with Crippen LogP contribution in [-0.2, 0) is 4.74 Å². The summed E-state index contributed by atoms with van der Waals surface area (Å²) in [6.45, 7) is 1.89. The van der Waals surface area contributed by atoms with E-state index in [4.69, 9.17) is 32.7 Å². The lowest BCUT2D eigenvalue weighted by Gasteiger charge is -2.10. The van der Waals surface area contributed by atoms with Crippen LogP contribution >= 0.6 is 23.2 Å². The molecule has 0 radical (unpaired) electrons. The summed E-state index contributed by atoms with van der Waals surface area (Å²) in [6.07, 6.45) is 0. The summed E-state index contributed by atoms with van der Waals surface area (Å²) in [5, 5.41) is 13.6. The van der Waals surface area contributed by atoms with Gasteiger partial charge < -0.3 is 14.8 Å². The average Bonchev–Trinajstić information content (AvgIpc) is 2.74. The van der Waals surface area contributed by atoms with Crippen LogP contribution in [0, 0.1) is 17.0 Å².